The lowest BCUT2D eigenvalue weighted by molar-refractivity contribution is -0.119. The van der Waals surface area contributed by atoms with Gasteiger partial charge in [0.15, 0.2) is 5.78 Å². The van der Waals surface area contributed by atoms with Gasteiger partial charge in [0.2, 0.25) is 0 Å². The Bertz CT molecular complexity index is 924. The molecule has 0 aliphatic rings. The molecule has 0 aliphatic heterocycles. The lowest BCUT2D eigenvalue weighted by Crippen LogP contribution is -2.44. The van der Waals surface area contributed by atoms with Gasteiger partial charge in [-0.3, -0.25) is 9.59 Å². The predicted molar refractivity (Wildman–Crippen MR) is 113 cm³/mol. The van der Waals surface area contributed by atoms with Crippen LogP contribution in [0.4, 0.5) is 5.69 Å². The molecule has 4 heteroatoms. The molecule has 0 fully saturated rings. The summed E-state index contributed by atoms with van der Waals surface area (Å²) in [5, 5.41) is 6.10. The van der Waals surface area contributed by atoms with Crippen molar-refractivity contribution < 1.29 is 9.59 Å². The second-order valence-electron chi connectivity index (χ2n) is 6.72. The summed E-state index contributed by atoms with van der Waals surface area (Å²) in [4.78, 5) is 25.5. The van der Waals surface area contributed by atoms with E-state index in [0.29, 0.717) is 12.0 Å². The van der Waals surface area contributed by atoms with Crippen molar-refractivity contribution in [1.82, 2.24) is 5.32 Å². The summed E-state index contributed by atoms with van der Waals surface area (Å²) in [6.07, 6.45) is 0.452. The van der Waals surface area contributed by atoms with Gasteiger partial charge in [0.25, 0.3) is 5.91 Å². The molecule has 0 spiro atoms. The Morgan fingerprint density at radius 1 is 0.821 bits per heavy atom. The van der Waals surface area contributed by atoms with Crippen LogP contribution < -0.4 is 10.6 Å². The van der Waals surface area contributed by atoms with Crippen LogP contribution >= 0.6 is 0 Å². The Hall–Kier alpha value is -3.40. The van der Waals surface area contributed by atoms with E-state index in [2.05, 4.69) is 10.6 Å². The minimum Gasteiger partial charge on any atom is -0.378 e. The monoisotopic (exact) mass is 372 g/mol. The number of Topliss-reactive ketones (excluding diaryl/α,β-unsaturated/α-hetero) is 1. The third-order valence-corrected chi connectivity index (χ3v) is 4.61. The largest absolute Gasteiger partial charge is 0.378 e. The third kappa shape index (κ3) is 5.30. The van der Waals surface area contributed by atoms with Gasteiger partial charge in [0, 0.05) is 11.3 Å². The van der Waals surface area contributed by atoms with E-state index in [9.17, 15) is 9.59 Å². The van der Waals surface area contributed by atoms with Crippen molar-refractivity contribution in [3.05, 3.63) is 102 Å². The van der Waals surface area contributed by atoms with Crippen LogP contribution in [0.2, 0.25) is 0 Å². The van der Waals surface area contributed by atoms with Gasteiger partial charge in [-0.15, -0.1) is 0 Å². The van der Waals surface area contributed by atoms with Crippen LogP contribution in [0.5, 0.6) is 0 Å². The highest BCUT2D eigenvalue weighted by atomic mass is 16.2. The number of para-hydroxylation sites is 1. The lowest BCUT2D eigenvalue weighted by atomic mass is 10.0. The first-order valence-electron chi connectivity index (χ1n) is 9.35. The Balaban J connectivity index is 1.72. The molecule has 4 nitrogen and oxygen atoms in total. The quantitative estimate of drug-likeness (QED) is 0.628. The second kappa shape index (κ2) is 9.51. The van der Waals surface area contributed by atoms with E-state index in [4.69, 9.17) is 0 Å². The van der Waals surface area contributed by atoms with E-state index in [-0.39, 0.29) is 18.2 Å². The fraction of sp³-hybridized carbons (Fsp3) is 0.167. The number of benzene rings is 3. The van der Waals surface area contributed by atoms with Crippen LogP contribution in [-0.2, 0) is 11.2 Å². The van der Waals surface area contributed by atoms with Gasteiger partial charge in [-0.05, 0) is 42.7 Å². The van der Waals surface area contributed by atoms with Crippen LogP contribution in [0.1, 0.15) is 21.5 Å². The highest BCUT2D eigenvalue weighted by molar-refractivity contribution is 5.98. The number of nitrogens with one attached hydrogen (secondary N) is 2. The van der Waals surface area contributed by atoms with E-state index in [0.717, 1.165) is 16.8 Å². The van der Waals surface area contributed by atoms with Gasteiger partial charge in [0.05, 0.1) is 12.6 Å². The van der Waals surface area contributed by atoms with Gasteiger partial charge < -0.3 is 10.6 Å². The van der Waals surface area contributed by atoms with Crippen molar-refractivity contribution in [3.63, 3.8) is 0 Å². The van der Waals surface area contributed by atoms with Crippen LogP contribution in [0.3, 0.4) is 0 Å². The first-order valence-corrected chi connectivity index (χ1v) is 9.35. The Labute approximate surface area is 165 Å². The van der Waals surface area contributed by atoms with E-state index in [1.54, 1.807) is 12.1 Å². The molecule has 3 aromatic rings. The Morgan fingerprint density at radius 3 is 2.11 bits per heavy atom. The summed E-state index contributed by atoms with van der Waals surface area (Å²) in [5.74, 6) is -0.304. The molecular formula is C24H24N2O2. The molecule has 3 rings (SSSR count). The number of rotatable bonds is 8. The maximum Gasteiger partial charge on any atom is 0.251 e. The predicted octanol–water partition coefficient (Wildman–Crippen LogP) is 4.02. The van der Waals surface area contributed by atoms with Crippen molar-refractivity contribution in [2.75, 3.05) is 11.9 Å². The number of carbonyl (C=O) groups is 2. The standard InChI is InChI=1S/C24H24N2O2/c1-18-10-8-9-15-21(18)25-17-23(27)22(16-19-11-4-2-5-12-19)26-24(28)20-13-6-3-7-14-20/h2-15,22,25H,16-17H2,1H3,(H,26,28). The van der Waals surface area contributed by atoms with Gasteiger partial charge in [-0.1, -0.05) is 66.7 Å². The molecule has 1 unspecified atom stereocenters. The molecule has 0 aromatic heterocycles. The lowest BCUT2D eigenvalue weighted by Gasteiger charge is -2.19. The maximum atomic E-state index is 12.9. The second-order valence-corrected chi connectivity index (χ2v) is 6.72. The molecular weight excluding hydrogens is 348 g/mol. The summed E-state index contributed by atoms with van der Waals surface area (Å²) < 4.78 is 0. The van der Waals surface area contributed by atoms with Gasteiger partial charge in [-0.2, -0.15) is 0 Å². The summed E-state index contributed by atoms with van der Waals surface area (Å²) in [6.45, 7) is 2.14. The van der Waals surface area contributed by atoms with Gasteiger partial charge in [0.1, 0.15) is 0 Å². The van der Waals surface area contributed by atoms with Crippen molar-refractivity contribution in [1.29, 1.82) is 0 Å². The number of amides is 1. The summed E-state index contributed by atoms with van der Waals surface area (Å²) in [5.41, 5.74) is 3.54. The normalized spacial score (nSPS) is 11.5. The zero-order valence-corrected chi connectivity index (χ0v) is 15.9. The molecule has 0 aliphatic carbocycles. The minimum atomic E-state index is -0.605. The molecule has 28 heavy (non-hydrogen) atoms. The maximum absolute atomic E-state index is 12.9. The van der Waals surface area contributed by atoms with E-state index in [1.807, 2.05) is 79.7 Å². The zero-order chi connectivity index (χ0) is 19.8. The van der Waals surface area contributed by atoms with Crippen LogP contribution in [-0.4, -0.2) is 24.3 Å². The number of aryl methyl sites for hydroxylation is 1. The van der Waals surface area contributed by atoms with Crippen molar-refractivity contribution >= 4 is 17.4 Å². The number of hydrogen-bond donors (Lipinski definition) is 2. The fourth-order valence-corrected chi connectivity index (χ4v) is 3.00. The topological polar surface area (TPSA) is 58.2 Å². The number of carbonyl (C=O) groups excluding carboxylic acids is 2. The van der Waals surface area contributed by atoms with Crippen LogP contribution in [0.25, 0.3) is 0 Å². The van der Waals surface area contributed by atoms with Crippen molar-refractivity contribution in [2.24, 2.45) is 0 Å². The molecule has 142 valence electrons. The molecule has 1 atom stereocenters. The molecule has 1 amide bonds. The van der Waals surface area contributed by atoms with Crippen LogP contribution in [0.15, 0.2) is 84.9 Å². The fourth-order valence-electron chi connectivity index (χ4n) is 3.00. The molecule has 0 bridgehead atoms. The average Bonchev–Trinajstić information content (AvgIpc) is 2.74. The number of hydrogen-bond acceptors (Lipinski definition) is 3. The van der Waals surface area contributed by atoms with Crippen LogP contribution in [0, 0.1) is 6.92 Å². The first kappa shape index (κ1) is 19.4. The Morgan fingerprint density at radius 2 is 1.43 bits per heavy atom. The highest BCUT2D eigenvalue weighted by Gasteiger charge is 2.21. The number of anilines is 1. The minimum absolute atomic E-state index is 0.0589. The molecule has 0 saturated carbocycles. The van der Waals surface area contributed by atoms with Crippen molar-refractivity contribution in [2.45, 2.75) is 19.4 Å². The third-order valence-electron chi connectivity index (χ3n) is 4.61. The zero-order valence-electron chi connectivity index (χ0n) is 15.9. The molecule has 3 aromatic carbocycles. The Kier molecular flexibility index (Phi) is 6.58. The van der Waals surface area contributed by atoms with E-state index < -0.39 is 6.04 Å². The first-order chi connectivity index (χ1) is 13.6. The summed E-state index contributed by atoms with van der Waals surface area (Å²) in [6, 6.07) is 25.9. The van der Waals surface area contributed by atoms with E-state index in [1.165, 1.54) is 0 Å². The van der Waals surface area contributed by atoms with Crippen molar-refractivity contribution in [3.8, 4) is 0 Å². The summed E-state index contributed by atoms with van der Waals surface area (Å²) >= 11 is 0. The molecule has 2 N–H and O–H groups in total. The average molecular weight is 372 g/mol. The molecule has 0 radical (unpaired) electrons. The van der Waals surface area contributed by atoms with E-state index >= 15 is 0 Å². The van der Waals surface area contributed by atoms with Gasteiger partial charge in [-0.25, -0.2) is 0 Å². The summed E-state index contributed by atoms with van der Waals surface area (Å²) in [7, 11) is 0. The molecule has 0 saturated heterocycles. The SMILES string of the molecule is Cc1ccccc1NCC(=O)C(Cc1ccccc1)NC(=O)c1ccccc1. The molecule has 0 heterocycles. The smallest absolute Gasteiger partial charge is 0.251 e. The van der Waals surface area contributed by atoms with Gasteiger partial charge >= 0.3 is 0 Å². The highest BCUT2D eigenvalue weighted by Crippen LogP contribution is 2.13. The number of ketones is 1.